The summed E-state index contributed by atoms with van der Waals surface area (Å²) in [6, 6.07) is 8.70. The van der Waals surface area contributed by atoms with Crippen molar-refractivity contribution in [2.75, 3.05) is 26.7 Å². The van der Waals surface area contributed by atoms with Gasteiger partial charge in [0.2, 0.25) is 5.91 Å². The van der Waals surface area contributed by atoms with Crippen molar-refractivity contribution >= 4 is 5.91 Å². The highest BCUT2D eigenvalue weighted by Crippen LogP contribution is 2.11. The van der Waals surface area contributed by atoms with Crippen LogP contribution in [0.25, 0.3) is 0 Å². The Labute approximate surface area is 118 Å². The Hall–Kier alpha value is -2.10. The highest BCUT2D eigenvalue weighted by atomic mass is 16.5. The number of nitrogens with zero attached hydrogens (tertiary/aromatic N) is 1. The molecule has 0 aliphatic carbocycles. The monoisotopic (exact) mass is 277 g/mol. The van der Waals surface area contributed by atoms with Gasteiger partial charge in [-0.25, -0.2) is 0 Å². The van der Waals surface area contributed by atoms with Gasteiger partial charge in [-0.15, -0.1) is 0 Å². The number of rotatable bonds is 8. The lowest BCUT2D eigenvalue weighted by Crippen LogP contribution is -2.33. The SMILES string of the molecule is CNC(=O)CCNCC(O)COc1ccc(C#N)cc1. The molecule has 0 heterocycles. The summed E-state index contributed by atoms with van der Waals surface area (Å²) in [5.41, 5.74) is 0.564. The first-order valence-corrected chi connectivity index (χ1v) is 6.38. The number of nitriles is 1. The lowest BCUT2D eigenvalue weighted by atomic mass is 10.2. The Morgan fingerprint density at radius 1 is 1.45 bits per heavy atom. The predicted molar refractivity (Wildman–Crippen MR) is 74.2 cm³/mol. The minimum absolute atomic E-state index is 0.0409. The van der Waals surface area contributed by atoms with Crippen LogP contribution in [0.2, 0.25) is 0 Å². The Kier molecular flexibility index (Phi) is 7.11. The summed E-state index contributed by atoms with van der Waals surface area (Å²) < 4.78 is 5.39. The fourth-order valence-electron chi connectivity index (χ4n) is 1.47. The number of carbonyl (C=O) groups is 1. The molecule has 1 unspecified atom stereocenters. The average molecular weight is 277 g/mol. The van der Waals surface area contributed by atoms with Gasteiger partial charge < -0.3 is 20.5 Å². The molecule has 0 bridgehead atoms. The standard InChI is InChI=1S/C14H19N3O3/c1-16-14(19)6-7-17-9-12(18)10-20-13-4-2-11(8-15)3-5-13/h2-5,12,17-18H,6-7,9-10H2,1H3,(H,16,19). The molecule has 6 heteroatoms. The van der Waals surface area contributed by atoms with Crippen LogP contribution in [-0.2, 0) is 4.79 Å². The fraction of sp³-hybridized carbons (Fsp3) is 0.429. The molecule has 20 heavy (non-hydrogen) atoms. The highest BCUT2D eigenvalue weighted by Gasteiger charge is 2.05. The topological polar surface area (TPSA) is 94.4 Å². The molecule has 108 valence electrons. The molecular weight excluding hydrogens is 258 g/mol. The number of hydrogen-bond acceptors (Lipinski definition) is 5. The average Bonchev–Trinajstić information content (AvgIpc) is 2.49. The van der Waals surface area contributed by atoms with Gasteiger partial charge >= 0.3 is 0 Å². The normalized spacial score (nSPS) is 11.4. The number of ether oxygens (including phenoxy) is 1. The maximum absolute atomic E-state index is 11.0. The van der Waals surface area contributed by atoms with Crippen LogP contribution in [0.4, 0.5) is 0 Å². The van der Waals surface area contributed by atoms with Gasteiger partial charge in [-0.3, -0.25) is 4.79 Å². The second kappa shape index (κ2) is 8.91. The number of benzene rings is 1. The quantitative estimate of drug-likeness (QED) is 0.583. The van der Waals surface area contributed by atoms with E-state index in [2.05, 4.69) is 10.6 Å². The molecule has 0 saturated carbocycles. The van der Waals surface area contributed by atoms with E-state index in [4.69, 9.17) is 10.00 Å². The maximum atomic E-state index is 11.0. The molecule has 0 saturated heterocycles. The second-order valence-electron chi connectivity index (χ2n) is 4.23. The lowest BCUT2D eigenvalue weighted by Gasteiger charge is -2.13. The van der Waals surface area contributed by atoms with Crippen molar-refractivity contribution in [3.8, 4) is 11.8 Å². The third-order valence-electron chi connectivity index (χ3n) is 2.61. The summed E-state index contributed by atoms with van der Waals surface area (Å²) in [5, 5.41) is 23.8. The van der Waals surface area contributed by atoms with E-state index < -0.39 is 6.10 Å². The zero-order valence-electron chi connectivity index (χ0n) is 11.4. The summed E-state index contributed by atoms with van der Waals surface area (Å²) >= 11 is 0. The van der Waals surface area contributed by atoms with Crippen molar-refractivity contribution in [2.24, 2.45) is 0 Å². The first kappa shape index (κ1) is 16.0. The Morgan fingerprint density at radius 3 is 2.75 bits per heavy atom. The summed E-state index contributed by atoms with van der Waals surface area (Å²) in [5.74, 6) is 0.564. The summed E-state index contributed by atoms with van der Waals surface area (Å²) in [6.07, 6.45) is -0.282. The molecule has 3 N–H and O–H groups in total. The zero-order chi connectivity index (χ0) is 14.8. The third kappa shape index (κ3) is 6.18. The number of hydrogen-bond donors (Lipinski definition) is 3. The first-order chi connectivity index (χ1) is 9.65. The van der Waals surface area contributed by atoms with Gasteiger partial charge in [0.25, 0.3) is 0 Å². The van der Waals surface area contributed by atoms with E-state index >= 15 is 0 Å². The van der Waals surface area contributed by atoms with Crippen LogP contribution >= 0.6 is 0 Å². The van der Waals surface area contributed by atoms with Crippen molar-refractivity contribution in [1.82, 2.24) is 10.6 Å². The van der Waals surface area contributed by atoms with Crippen LogP contribution in [0.15, 0.2) is 24.3 Å². The van der Waals surface area contributed by atoms with Crippen molar-refractivity contribution in [3.05, 3.63) is 29.8 Å². The Bertz CT molecular complexity index is 454. The van der Waals surface area contributed by atoms with Gasteiger partial charge in [0.1, 0.15) is 18.5 Å². The molecule has 1 amide bonds. The van der Waals surface area contributed by atoms with Crippen molar-refractivity contribution in [3.63, 3.8) is 0 Å². The Balaban J connectivity index is 2.17. The van der Waals surface area contributed by atoms with E-state index in [1.54, 1.807) is 31.3 Å². The number of aliphatic hydroxyl groups is 1. The van der Waals surface area contributed by atoms with Crippen LogP contribution in [-0.4, -0.2) is 43.9 Å². The highest BCUT2D eigenvalue weighted by molar-refractivity contribution is 5.75. The number of amides is 1. The minimum Gasteiger partial charge on any atom is -0.491 e. The molecular formula is C14H19N3O3. The van der Waals surface area contributed by atoms with E-state index in [9.17, 15) is 9.90 Å². The van der Waals surface area contributed by atoms with E-state index in [1.807, 2.05) is 6.07 Å². The smallest absolute Gasteiger partial charge is 0.221 e. The molecule has 6 nitrogen and oxygen atoms in total. The second-order valence-corrected chi connectivity index (χ2v) is 4.23. The van der Waals surface area contributed by atoms with E-state index in [0.29, 0.717) is 30.8 Å². The van der Waals surface area contributed by atoms with Crippen LogP contribution in [0.3, 0.4) is 0 Å². The van der Waals surface area contributed by atoms with E-state index in [-0.39, 0.29) is 12.5 Å². The molecule has 1 aromatic rings. The Morgan fingerprint density at radius 2 is 2.15 bits per heavy atom. The minimum atomic E-state index is -0.657. The van der Waals surface area contributed by atoms with Crippen molar-refractivity contribution < 1.29 is 14.6 Å². The van der Waals surface area contributed by atoms with Crippen molar-refractivity contribution in [1.29, 1.82) is 5.26 Å². The molecule has 0 radical (unpaired) electrons. The van der Waals surface area contributed by atoms with Gasteiger partial charge in [-0.05, 0) is 24.3 Å². The fourth-order valence-corrected chi connectivity index (χ4v) is 1.47. The summed E-state index contributed by atoms with van der Waals surface area (Å²) in [6.45, 7) is 1.01. The molecule has 0 spiro atoms. The number of carbonyl (C=O) groups excluding carboxylic acids is 1. The van der Waals surface area contributed by atoms with Crippen LogP contribution < -0.4 is 15.4 Å². The molecule has 1 aromatic carbocycles. The van der Waals surface area contributed by atoms with Gasteiger partial charge in [0.05, 0.1) is 11.6 Å². The largest absolute Gasteiger partial charge is 0.491 e. The zero-order valence-corrected chi connectivity index (χ0v) is 11.4. The van der Waals surface area contributed by atoms with Crippen LogP contribution in [0, 0.1) is 11.3 Å². The van der Waals surface area contributed by atoms with Gasteiger partial charge in [-0.2, -0.15) is 5.26 Å². The molecule has 0 aliphatic heterocycles. The molecule has 0 fully saturated rings. The van der Waals surface area contributed by atoms with Gasteiger partial charge in [-0.1, -0.05) is 0 Å². The summed E-state index contributed by atoms with van der Waals surface area (Å²) in [4.78, 5) is 11.0. The van der Waals surface area contributed by atoms with Crippen LogP contribution in [0.5, 0.6) is 5.75 Å². The van der Waals surface area contributed by atoms with Gasteiger partial charge in [0, 0.05) is 26.6 Å². The third-order valence-corrected chi connectivity index (χ3v) is 2.61. The van der Waals surface area contributed by atoms with Crippen molar-refractivity contribution in [2.45, 2.75) is 12.5 Å². The molecule has 0 aromatic heterocycles. The van der Waals surface area contributed by atoms with Gasteiger partial charge in [0.15, 0.2) is 0 Å². The van der Waals surface area contributed by atoms with E-state index in [1.165, 1.54) is 0 Å². The number of aliphatic hydroxyl groups excluding tert-OH is 1. The molecule has 1 atom stereocenters. The van der Waals surface area contributed by atoms with E-state index in [0.717, 1.165) is 0 Å². The maximum Gasteiger partial charge on any atom is 0.221 e. The predicted octanol–water partition coefficient (Wildman–Crippen LogP) is 0.0237. The molecule has 1 rings (SSSR count). The van der Waals surface area contributed by atoms with Crippen LogP contribution in [0.1, 0.15) is 12.0 Å². The summed E-state index contributed by atoms with van der Waals surface area (Å²) in [7, 11) is 1.59. The molecule has 0 aliphatic rings. The first-order valence-electron chi connectivity index (χ1n) is 6.38. The number of nitrogens with one attached hydrogen (secondary N) is 2. The lowest BCUT2D eigenvalue weighted by molar-refractivity contribution is -0.120.